The number of nitrogens with zero attached hydrogens (tertiary/aromatic N) is 1. The van der Waals surface area contributed by atoms with Gasteiger partial charge in [-0.3, -0.25) is 4.79 Å². The van der Waals surface area contributed by atoms with Crippen LogP contribution in [0.25, 0.3) is 10.9 Å². The van der Waals surface area contributed by atoms with E-state index >= 15 is 0 Å². The number of benzene rings is 3. The van der Waals surface area contributed by atoms with Gasteiger partial charge in [-0.2, -0.15) is 0 Å². The SMILES string of the molecule is COC(=O)c1ccc([C@@H]2CC(=O)Nc3cccc4c3c2cn4Cc2ccccc2)cc1. The first-order valence-corrected chi connectivity index (χ1v) is 10.3. The van der Waals surface area contributed by atoms with Gasteiger partial charge in [0.25, 0.3) is 0 Å². The number of hydrogen-bond acceptors (Lipinski definition) is 3. The van der Waals surface area contributed by atoms with Gasteiger partial charge in [0.05, 0.1) is 23.9 Å². The van der Waals surface area contributed by atoms with Crippen molar-refractivity contribution in [1.82, 2.24) is 4.57 Å². The van der Waals surface area contributed by atoms with Crippen molar-refractivity contribution >= 4 is 28.5 Å². The van der Waals surface area contributed by atoms with Crippen LogP contribution in [0.2, 0.25) is 0 Å². The Morgan fingerprint density at radius 1 is 1.03 bits per heavy atom. The number of rotatable bonds is 4. The van der Waals surface area contributed by atoms with Crippen LogP contribution in [0.4, 0.5) is 5.69 Å². The second-order valence-corrected chi connectivity index (χ2v) is 7.82. The maximum absolute atomic E-state index is 12.7. The molecule has 1 aliphatic rings. The molecule has 0 aliphatic carbocycles. The molecule has 5 nitrogen and oxygen atoms in total. The van der Waals surface area contributed by atoms with Gasteiger partial charge in [-0.1, -0.05) is 48.5 Å². The third kappa shape index (κ3) is 3.48. The first-order valence-electron chi connectivity index (χ1n) is 10.3. The number of amides is 1. The summed E-state index contributed by atoms with van der Waals surface area (Å²) in [5, 5.41) is 4.15. The molecular formula is C26H22N2O3. The maximum Gasteiger partial charge on any atom is 0.337 e. The second kappa shape index (κ2) is 7.76. The van der Waals surface area contributed by atoms with Crippen molar-refractivity contribution in [1.29, 1.82) is 0 Å². The van der Waals surface area contributed by atoms with Crippen LogP contribution in [0.3, 0.4) is 0 Å². The fourth-order valence-electron chi connectivity index (χ4n) is 4.43. The van der Waals surface area contributed by atoms with Gasteiger partial charge in [0.1, 0.15) is 0 Å². The van der Waals surface area contributed by atoms with Crippen molar-refractivity contribution < 1.29 is 14.3 Å². The number of carbonyl (C=O) groups excluding carboxylic acids is 2. The number of hydrogen-bond donors (Lipinski definition) is 1. The smallest absolute Gasteiger partial charge is 0.337 e. The van der Waals surface area contributed by atoms with E-state index in [4.69, 9.17) is 4.74 Å². The lowest BCUT2D eigenvalue weighted by atomic mass is 9.88. The van der Waals surface area contributed by atoms with Crippen LogP contribution in [0, 0.1) is 0 Å². The average molecular weight is 410 g/mol. The summed E-state index contributed by atoms with van der Waals surface area (Å²) in [6, 6.07) is 23.7. The third-order valence-corrected chi connectivity index (χ3v) is 5.90. The lowest BCUT2D eigenvalue weighted by Crippen LogP contribution is -2.14. The minimum absolute atomic E-state index is 0.0136. The summed E-state index contributed by atoms with van der Waals surface area (Å²) in [7, 11) is 1.37. The number of carbonyl (C=O) groups is 2. The van der Waals surface area contributed by atoms with Crippen LogP contribution in [0.1, 0.15) is 39.4 Å². The van der Waals surface area contributed by atoms with E-state index in [9.17, 15) is 9.59 Å². The van der Waals surface area contributed by atoms with Gasteiger partial charge in [-0.05, 0) is 41.0 Å². The van der Waals surface area contributed by atoms with Gasteiger partial charge >= 0.3 is 5.97 Å². The molecule has 0 unspecified atom stereocenters. The summed E-state index contributed by atoms with van der Waals surface area (Å²) in [4.78, 5) is 24.5. The van der Waals surface area contributed by atoms with Gasteiger partial charge < -0.3 is 14.6 Å². The topological polar surface area (TPSA) is 60.3 Å². The highest BCUT2D eigenvalue weighted by Gasteiger charge is 2.28. The van der Waals surface area contributed by atoms with Gasteiger partial charge in [-0.25, -0.2) is 4.79 Å². The Morgan fingerprint density at radius 2 is 1.81 bits per heavy atom. The van der Waals surface area contributed by atoms with Crippen LogP contribution in [0.5, 0.6) is 0 Å². The molecule has 5 rings (SSSR count). The predicted molar refractivity (Wildman–Crippen MR) is 120 cm³/mol. The van der Waals surface area contributed by atoms with Gasteiger partial charge in [0.15, 0.2) is 0 Å². The first kappa shape index (κ1) is 19.1. The molecule has 0 fully saturated rings. The fraction of sp³-hybridized carbons (Fsp3) is 0.154. The van der Waals surface area contributed by atoms with Crippen LogP contribution < -0.4 is 5.32 Å². The van der Waals surface area contributed by atoms with Gasteiger partial charge in [0.2, 0.25) is 5.91 Å². The highest BCUT2D eigenvalue weighted by molar-refractivity contribution is 6.06. The van der Waals surface area contributed by atoms with Crippen molar-refractivity contribution in [3.63, 3.8) is 0 Å². The Kier molecular flexibility index (Phi) is 4.79. The van der Waals surface area contributed by atoms with Crippen LogP contribution in [0.15, 0.2) is 79.0 Å². The van der Waals surface area contributed by atoms with E-state index in [1.165, 1.54) is 12.7 Å². The summed E-state index contributed by atoms with van der Waals surface area (Å²) in [6.45, 7) is 0.753. The number of anilines is 1. The Bertz CT molecular complexity index is 1270. The molecule has 1 aromatic heterocycles. The van der Waals surface area contributed by atoms with Gasteiger partial charge in [-0.15, -0.1) is 0 Å². The van der Waals surface area contributed by atoms with E-state index in [2.05, 4.69) is 34.3 Å². The summed E-state index contributed by atoms with van der Waals surface area (Å²) in [6.07, 6.45) is 2.51. The Morgan fingerprint density at radius 3 is 2.55 bits per heavy atom. The summed E-state index contributed by atoms with van der Waals surface area (Å²) in [5.74, 6) is -0.484. The molecule has 0 saturated heterocycles. The molecule has 4 aromatic rings. The molecule has 1 N–H and O–H groups in total. The van der Waals surface area contributed by atoms with E-state index in [-0.39, 0.29) is 17.8 Å². The van der Waals surface area contributed by atoms with Crippen LogP contribution in [-0.2, 0) is 16.1 Å². The number of methoxy groups -OCH3 is 1. The quantitative estimate of drug-likeness (QED) is 0.484. The molecule has 0 bridgehead atoms. The van der Waals surface area contributed by atoms with Crippen LogP contribution in [-0.4, -0.2) is 23.6 Å². The average Bonchev–Trinajstić information content (AvgIpc) is 3.09. The molecular weight excluding hydrogens is 388 g/mol. The zero-order valence-electron chi connectivity index (χ0n) is 17.2. The molecule has 0 spiro atoms. The Hall–Kier alpha value is -3.86. The first-order chi connectivity index (χ1) is 15.1. The molecule has 154 valence electrons. The lowest BCUT2D eigenvalue weighted by Gasteiger charge is -2.15. The van der Waals surface area contributed by atoms with E-state index < -0.39 is 0 Å². The molecule has 5 heteroatoms. The summed E-state index contributed by atoms with van der Waals surface area (Å²) >= 11 is 0. The monoisotopic (exact) mass is 410 g/mol. The van der Waals surface area contributed by atoms with E-state index in [0.29, 0.717) is 12.0 Å². The van der Waals surface area contributed by atoms with Crippen LogP contribution >= 0.6 is 0 Å². The minimum atomic E-state index is -0.369. The zero-order valence-corrected chi connectivity index (χ0v) is 17.2. The fourth-order valence-corrected chi connectivity index (χ4v) is 4.43. The largest absolute Gasteiger partial charge is 0.465 e. The molecule has 1 aliphatic heterocycles. The van der Waals surface area contributed by atoms with Crippen molar-refractivity contribution in [3.05, 3.63) is 101 Å². The standard InChI is InChI=1S/C26H22N2O3/c1-31-26(30)19-12-10-18(11-13-19)20-14-24(29)27-22-8-5-9-23-25(22)21(20)16-28(23)15-17-6-3-2-4-7-17/h2-13,16,20H,14-15H2,1H3,(H,27,29)/t20-/m0/s1. The molecule has 2 heterocycles. The van der Waals surface area contributed by atoms with E-state index in [0.717, 1.165) is 34.3 Å². The molecule has 1 atom stereocenters. The Balaban J connectivity index is 1.63. The molecule has 3 aromatic carbocycles. The minimum Gasteiger partial charge on any atom is -0.465 e. The number of nitrogens with one attached hydrogen (secondary N) is 1. The van der Waals surface area contributed by atoms with Crippen molar-refractivity contribution in [2.45, 2.75) is 18.9 Å². The van der Waals surface area contributed by atoms with E-state index in [1.807, 2.05) is 42.5 Å². The van der Waals surface area contributed by atoms with Crippen molar-refractivity contribution in [2.75, 3.05) is 12.4 Å². The normalized spacial score (nSPS) is 15.4. The second-order valence-electron chi connectivity index (χ2n) is 7.82. The highest BCUT2D eigenvalue weighted by atomic mass is 16.5. The number of ether oxygens (including phenoxy) is 1. The predicted octanol–water partition coefficient (Wildman–Crippen LogP) is 4.95. The number of esters is 1. The van der Waals surface area contributed by atoms with Gasteiger partial charge in [0, 0.05) is 30.5 Å². The molecule has 0 saturated carbocycles. The van der Waals surface area contributed by atoms with Crippen molar-refractivity contribution in [2.24, 2.45) is 0 Å². The zero-order chi connectivity index (χ0) is 21.4. The molecule has 31 heavy (non-hydrogen) atoms. The molecule has 1 amide bonds. The summed E-state index contributed by atoms with van der Waals surface area (Å²) < 4.78 is 7.05. The lowest BCUT2D eigenvalue weighted by molar-refractivity contribution is -0.116. The molecule has 0 radical (unpaired) electrons. The highest BCUT2D eigenvalue weighted by Crippen LogP contribution is 2.41. The van der Waals surface area contributed by atoms with Crippen molar-refractivity contribution in [3.8, 4) is 0 Å². The van der Waals surface area contributed by atoms with E-state index in [1.54, 1.807) is 12.1 Å². The number of aromatic nitrogens is 1. The third-order valence-electron chi connectivity index (χ3n) is 5.90. The maximum atomic E-state index is 12.7. The Labute approximate surface area is 180 Å². The summed E-state index contributed by atoms with van der Waals surface area (Å²) in [5.41, 5.74) is 5.77.